The van der Waals surface area contributed by atoms with E-state index < -0.39 is 0 Å². The molecule has 1 heterocycles. The van der Waals surface area contributed by atoms with Crippen molar-refractivity contribution in [3.05, 3.63) is 0 Å². The normalized spacial score (nSPS) is 33.0. The zero-order valence-corrected chi connectivity index (χ0v) is 6.08. The third-order valence-electron chi connectivity index (χ3n) is 1.71. The fourth-order valence-corrected chi connectivity index (χ4v) is 2.38. The number of hydrogen-bond donors (Lipinski definition) is 1. The molecule has 0 radical (unpaired) electrons. The molecule has 0 saturated carbocycles. The van der Waals surface area contributed by atoms with Crippen LogP contribution in [0.25, 0.3) is 0 Å². The molecule has 1 rings (SSSR count). The summed E-state index contributed by atoms with van der Waals surface area (Å²) in [5.74, 6) is 3.42. The van der Waals surface area contributed by atoms with Gasteiger partial charge in [-0.15, -0.1) is 0 Å². The van der Waals surface area contributed by atoms with Crippen molar-refractivity contribution in [2.45, 2.75) is 19.4 Å². The summed E-state index contributed by atoms with van der Waals surface area (Å²) in [5, 5.41) is 0. The van der Waals surface area contributed by atoms with Crippen LogP contribution < -0.4 is 5.73 Å². The van der Waals surface area contributed by atoms with Gasteiger partial charge in [-0.3, -0.25) is 0 Å². The smallest absolute Gasteiger partial charge is 0.00469 e. The summed E-state index contributed by atoms with van der Waals surface area (Å²) in [5.41, 5.74) is 5.68. The summed E-state index contributed by atoms with van der Waals surface area (Å²) in [4.78, 5) is 0. The van der Waals surface area contributed by atoms with Gasteiger partial charge in [-0.2, -0.15) is 11.8 Å². The van der Waals surface area contributed by atoms with Gasteiger partial charge in [-0.1, -0.05) is 0 Å². The highest BCUT2D eigenvalue weighted by atomic mass is 32.2. The first-order valence-electron chi connectivity index (χ1n) is 3.14. The molecule has 1 saturated heterocycles. The molecular weight excluding hydrogens is 118 g/mol. The maximum Gasteiger partial charge on any atom is 0.00469 e. The lowest BCUT2D eigenvalue weighted by Gasteiger charge is -2.10. The third-order valence-corrected chi connectivity index (χ3v) is 2.90. The van der Waals surface area contributed by atoms with Crippen molar-refractivity contribution in [2.75, 3.05) is 11.5 Å². The average Bonchev–Trinajstić information content (AvgIpc) is 2.12. The fraction of sp³-hybridized carbons (Fsp3) is 1.00. The van der Waals surface area contributed by atoms with Crippen molar-refractivity contribution >= 4 is 11.8 Å². The van der Waals surface area contributed by atoms with Crippen molar-refractivity contribution in [3.63, 3.8) is 0 Å². The van der Waals surface area contributed by atoms with Gasteiger partial charge in [0.05, 0.1) is 0 Å². The Balaban J connectivity index is 2.24. The second-order valence-electron chi connectivity index (χ2n) is 2.48. The van der Waals surface area contributed by atoms with Gasteiger partial charge < -0.3 is 5.73 Å². The number of nitrogens with two attached hydrogens (primary N) is 1. The van der Waals surface area contributed by atoms with Crippen molar-refractivity contribution in [2.24, 2.45) is 11.7 Å². The van der Waals surface area contributed by atoms with Crippen molar-refractivity contribution in [1.82, 2.24) is 0 Å². The van der Waals surface area contributed by atoms with Crippen LogP contribution in [0.5, 0.6) is 0 Å². The Morgan fingerprint density at radius 2 is 2.50 bits per heavy atom. The molecular formula is C6H13NS. The van der Waals surface area contributed by atoms with Gasteiger partial charge in [0.1, 0.15) is 0 Å². The molecule has 1 aliphatic rings. The van der Waals surface area contributed by atoms with E-state index in [1.165, 1.54) is 17.9 Å². The molecule has 1 nitrogen and oxygen atoms in total. The average molecular weight is 131 g/mol. The predicted molar refractivity (Wildman–Crippen MR) is 39.1 cm³/mol. The Bertz CT molecular complexity index is 66.9. The lowest BCUT2D eigenvalue weighted by molar-refractivity contribution is 0.496. The minimum absolute atomic E-state index is 0.421. The maximum atomic E-state index is 5.68. The van der Waals surface area contributed by atoms with Crippen molar-refractivity contribution in [1.29, 1.82) is 0 Å². The molecule has 0 aliphatic carbocycles. The lowest BCUT2D eigenvalue weighted by atomic mass is 10.0. The summed E-state index contributed by atoms with van der Waals surface area (Å²) in [7, 11) is 0. The van der Waals surface area contributed by atoms with Gasteiger partial charge in [0.15, 0.2) is 0 Å². The summed E-state index contributed by atoms with van der Waals surface area (Å²) in [6.07, 6.45) is 1.34. The van der Waals surface area contributed by atoms with Crippen LogP contribution in [0.2, 0.25) is 0 Å². The molecule has 0 amide bonds. The van der Waals surface area contributed by atoms with E-state index in [0.717, 1.165) is 5.92 Å². The van der Waals surface area contributed by atoms with Crippen LogP contribution in [0.1, 0.15) is 13.3 Å². The van der Waals surface area contributed by atoms with Crippen LogP contribution >= 0.6 is 11.8 Å². The number of rotatable bonds is 1. The quantitative estimate of drug-likeness (QED) is 0.576. The first-order chi connectivity index (χ1) is 3.80. The Hall–Kier alpha value is 0.310. The Kier molecular flexibility index (Phi) is 2.20. The van der Waals surface area contributed by atoms with Gasteiger partial charge in [-0.25, -0.2) is 0 Å². The second-order valence-corrected chi connectivity index (χ2v) is 3.63. The van der Waals surface area contributed by atoms with E-state index >= 15 is 0 Å². The number of thioether (sulfide) groups is 1. The zero-order valence-electron chi connectivity index (χ0n) is 5.26. The van der Waals surface area contributed by atoms with Gasteiger partial charge in [0.25, 0.3) is 0 Å². The van der Waals surface area contributed by atoms with Crippen molar-refractivity contribution < 1.29 is 0 Å². The van der Waals surface area contributed by atoms with Gasteiger partial charge in [-0.05, 0) is 30.8 Å². The SMILES string of the molecule is C[C@@H](N)C1CCSC1. The Labute approximate surface area is 55.0 Å². The summed E-state index contributed by atoms with van der Waals surface area (Å²) < 4.78 is 0. The highest BCUT2D eigenvalue weighted by molar-refractivity contribution is 7.99. The zero-order chi connectivity index (χ0) is 5.98. The van der Waals surface area contributed by atoms with Crippen LogP contribution in [-0.4, -0.2) is 17.5 Å². The molecule has 0 aromatic heterocycles. The van der Waals surface area contributed by atoms with E-state index in [-0.39, 0.29) is 0 Å². The summed E-state index contributed by atoms with van der Waals surface area (Å²) >= 11 is 2.03. The molecule has 8 heavy (non-hydrogen) atoms. The molecule has 2 atom stereocenters. The van der Waals surface area contributed by atoms with Crippen LogP contribution in [0.3, 0.4) is 0 Å². The molecule has 0 aromatic rings. The van der Waals surface area contributed by atoms with Gasteiger partial charge >= 0.3 is 0 Å². The van der Waals surface area contributed by atoms with E-state index in [4.69, 9.17) is 5.73 Å². The Morgan fingerprint density at radius 1 is 1.75 bits per heavy atom. The molecule has 0 spiro atoms. The molecule has 1 unspecified atom stereocenters. The molecule has 2 heteroatoms. The van der Waals surface area contributed by atoms with E-state index in [9.17, 15) is 0 Å². The third kappa shape index (κ3) is 1.39. The summed E-state index contributed by atoms with van der Waals surface area (Å²) in [6.45, 7) is 2.11. The standard InChI is InChI=1S/C6H13NS/c1-5(7)6-2-3-8-4-6/h5-6H,2-4,7H2,1H3/t5-,6?/m1/s1. The molecule has 0 aromatic carbocycles. The minimum atomic E-state index is 0.421. The first kappa shape index (κ1) is 6.43. The van der Waals surface area contributed by atoms with Gasteiger partial charge in [0.2, 0.25) is 0 Å². The molecule has 2 N–H and O–H groups in total. The highest BCUT2D eigenvalue weighted by Gasteiger charge is 2.18. The van der Waals surface area contributed by atoms with E-state index in [1.807, 2.05) is 11.8 Å². The lowest BCUT2D eigenvalue weighted by Crippen LogP contribution is -2.25. The van der Waals surface area contributed by atoms with Crippen LogP contribution in [0.15, 0.2) is 0 Å². The molecule has 1 fully saturated rings. The van der Waals surface area contributed by atoms with Crippen LogP contribution in [0, 0.1) is 5.92 Å². The second kappa shape index (κ2) is 2.74. The molecule has 48 valence electrons. The van der Waals surface area contributed by atoms with Gasteiger partial charge in [0, 0.05) is 6.04 Å². The Morgan fingerprint density at radius 3 is 2.75 bits per heavy atom. The fourth-order valence-electron chi connectivity index (χ4n) is 0.967. The minimum Gasteiger partial charge on any atom is -0.328 e. The largest absolute Gasteiger partial charge is 0.328 e. The predicted octanol–water partition coefficient (Wildman–Crippen LogP) is 1.09. The first-order valence-corrected chi connectivity index (χ1v) is 4.29. The van der Waals surface area contributed by atoms with E-state index in [0.29, 0.717) is 6.04 Å². The van der Waals surface area contributed by atoms with Crippen LogP contribution in [-0.2, 0) is 0 Å². The topological polar surface area (TPSA) is 26.0 Å². The van der Waals surface area contributed by atoms with Crippen LogP contribution in [0.4, 0.5) is 0 Å². The molecule has 1 aliphatic heterocycles. The van der Waals surface area contributed by atoms with E-state index in [1.54, 1.807) is 0 Å². The van der Waals surface area contributed by atoms with Crippen molar-refractivity contribution in [3.8, 4) is 0 Å². The van der Waals surface area contributed by atoms with E-state index in [2.05, 4.69) is 6.92 Å². The summed E-state index contributed by atoms with van der Waals surface area (Å²) in [6, 6.07) is 0.421. The molecule has 0 bridgehead atoms. The monoisotopic (exact) mass is 131 g/mol. The highest BCUT2D eigenvalue weighted by Crippen LogP contribution is 2.24. The number of hydrogen-bond acceptors (Lipinski definition) is 2. The maximum absolute atomic E-state index is 5.68.